The molecule has 2 rings (SSSR count). The van der Waals surface area contributed by atoms with Gasteiger partial charge in [0.05, 0.1) is 0 Å². The third-order valence-corrected chi connectivity index (χ3v) is 5.38. The molecule has 23 heavy (non-hydrogen) atoms. The zero-order valence-electron chi connectivity index (χ0n) is 14.5. The summed E-state index contributed by atoms with van der Waals surface area (Å²) < 4.78 is 0. The first-order valence-electron chi connectivity index (χ1n) is 8.61. The molecule has 0 atom stereocenters. The molecule has 2 heterocycles. The van der Waals surface area contributed by atoms with E-state index in [-0.39, 0.29) is 17.7 Å². The van der Waals surface area contributed by atoms with E-state index in [1.54, 1.807) is 11.3 Å². The molecule has 128 valence electrons. The van der Waals surface area contributed by atoms with Gasteiger partial charge in [0.2, 0.25) is 5.91 Å². The van der Waals surface area contributed by atoms with Crippen LogP contribution in [0.1, 0.15) is 59.1 Å². The minimum Gasteiger partial charge on any atom is -0.353 e. The van der Waals surface area contributed by atoms with Gasteiger partial charge in [0.1, 0.15) is 0 Å². The summed E-state index contributed by atoms with van der Waals surface area (Å²) in [6.07, 6.45) is 3.81. The van der Waals surface area contributed by atoms with Crippen molar-refractivity contribution in [2.24, 2.45) is 0 Å². The fourth-order valence-electron chi connectivity index (χ4n) is 3.19. The average Bonchev–Trinajstić information content (AvgIpc) is 2.86. The number of hydrogen-bond donors (Lipinski definition) is 1. The lowest BCUT2D eigenvalue weighted by Crippen LogP contribution is -2.44. The molecule has 1 aliphatic rings. The summed E-state index contributed by atoms with van der Waals surface area (Å²) in [7, 11) is 0. The minimum absolute atomic E-state index is 0.0110. The lowest BCUT2D eigenvalue weighted by Gasteiger charge is -2.32. The highest BCUT2D eigenvalue weighted by Crippen LogP contribution is 2.22. The molecule has 5 heteroatoms. The van der Waals surface area contributed by atoms with Crippen molar-refractivity contribution in [3.63, 3.8) is 0 Å². The van der Waals surface area contributed by atoms with Gasteiger partial charge in [-0.3, -0.25) is 9.59 Å². The van der Waals surface area contributed by atoms with Crippen LogP contribution < -0.4 is 5.32 Å². The molecule has 1 N–H and O–H groups in total. The van der Waals surface area contributed by atoms with Crippen molar-refractivity contribution in [2.75, 3.05) is 19.6 Å². The lowest BCUT2D eigenvalue weighted by molar-refractivity contribution is -0.122. The lowest BCUT2D eigenvalue weighted by atomic mass is 10.0. The summed E-state index contributed by atoms with van der Waals surface area (Å²) >= 11 is 1.64. The van der Waals surface area contributed by atoms with Gasteiger partial charge >= 0.3 is 0 Å². The number of ketones is 1. The van der Waals surface area contributed by atoms with Gasteiger partial charge in [0, 0.05) is 47.3 Å². The topological polar surface area (TPSA) is 49.4 Å². The predicted octanol–water partition coefficient (Wildman–Crippen LogP) is 3.32. The second kappa shape index (κ2) is 8.60. The van der Waals surface area contributed by atoms with Gasteiger partial charge in [-0.25, -0.2) is 0 Å². The quantitative estimate of drug-likeness (QED) is 0.777. The molecule has 0 bridgehead atoms. The molecular weight excluding hydrogens is 308 g/mol. The summed E-state index contributed by atoms with van der Waals surface area (Å²) in [5.74, 6) is 0.0941. The fraction of sp³-hybridized carbons (Fsp3) is 0.667. The number of nitrogens with zero attached hydrogens (tertiary/aromatic N) is 1. The molecule has 0 radical (unpaired) electrons. The standard InChI is InChI=1S/C18H28N2O2S/c1-4-9-20-10-7-15(8-11-20)19-18(22)6-5-17(21)16-12-13(2)23-14(16)3/h12,15H,4-11H2,1-3H3,(H,19,22). The highest BCUT2D eigenvalue weighted by molar-refractivity contribution is 7.12. The van der Waals surface area contributed by atoms with Crippen molar-refractivity contribution in [3.05, 3.63) is 21.4 Å². The van der Waals surface area contributed by atoms with E-state index in [4.69, 9.17) is 0 Å². The zero-order chi connectivity index (χ0) is 16.8. The highest BCUT2D eigenvalue weighted by Gasteiger charge is 2.20. The maximum absolute atomic E-state index is 12.2. The Hall–Kier alpha value is -1.20. The molecule has 0 unspecified atom stereocenters. The number of rotatable bonds is 7. The molecule has 4 nitrogen and oxygen atoms in total. The van der Waals surface area contributed by atoms with Gasteiger partial charge in [-0.1, -0.05) is 6.92 Å². The SMILES string of the molecule is CCCN1CCC(NC(=O)CCC(=O)c2cc(C)sc2C)CC1. The Labute approximate surface area is 143 Å². The predicted molar refractivity (Wildman–Crippen MR) is 95.3 cm³/mol. The second-order valence-electron chi connectivity index (χ2n) is 6.43. The van der Waals surface area contributed by atoms with Crippen molar-refractivity contribution >= 4 is 23.0 Å². The Kier molecular flexibility index (Phi) is 6.78. The number of thiophene rings is 1. The molecule has 0 spiro atoms. The van der Waals surface area contributed by atoms with E-state index >= 15 is 0 Å². The van der Waals surface area contributed by atoms with E-state index in [9.17, 15) is 9.59 Å². The third-order valence-electron chi connectivity index (χ3n) is 4.41. The largest absolute Gasteiger partial charge is 0.353 e. The van der Waals surface area contributed by atoms with Crippen LogP contribution in [-0.2, 0) is 4.79 Å². The molecule has 1 amide bonds. The second-order valence-corrected chi connectivity index (χ2v) is 7.89. The average molecular weight is 337 g/mol. The van der Waals surface area contributed by atoms with E-state index in [2.05, 4.69) is 17.1 Å². The smallest absolute Gasteiger partial charge is 0.220 e. The highest BCUT2D eigenvalue weighted by atomic mass is 32.1. The molecule has 1 aromatic rings. The van der Waals surface area contributed by atoms with Crippen LogP contribution in [0, 0.1) is 13.8 Å². The Morgan fingerprint density at radius 1 is 1.26 bits per heavy atom. The molecule has 0 saturated carbocycles. The van der Waals surface area contributed by atoms with Gasteiger partial charge in [0.25, 0.3) is 0 Å². The molecular formula is C18H28N2O2S. The zero-order valence-corrected chi connectivity index (χ0v) is 15.3. The van der Waals surface area contributed by atoms with Gasteiger partial charge in [-0.05, 0) is 45.7 Å². The normalized spacial score (nSPS) is 16.5. The van der Waals surface area contributed by atoms with Crippen molar-refractivity contribution in [1.29, 1.82) is 0 Å². The molecule has 1 aromatic heterocycles. The van der Waals surface area contributed by atoms with Crippen LogP contribution in [-0.4, -0.2) is 42.3 Å². The van der Waals surface area contributed by atoms with Crippen molar-refractivity contribution in [1.82, 2.24) is 10.2 Å². The van der Waals surface area contributed by atoms with E-state index in [1.807, 2.05) is 19.9 Å². The number of piperidine rings is 1. The van der Waals surface area contributed by atoms with Crippen molar-refractivity contribution in [3.8, 4) is 0 Å². The van der Waals surface area contributed by atoms with Crippen LogP contribution in [0.4, 0.5) is 0 Å². The molecule has 1 aliphatic heterocycles. The van der Waals surface area contributed by atoms with E-state index < -0.39 is 0 Å². The minimum atomic E-state index is 0.0110. The molecule has 0 aromatic carbocycles. The Balaban J connectivity index is 1.71. The third kappa shape index (κ3) is 5.43. The molecule has 1 fully saturated rings. The first-order valence-corrected chi connectivity index (χ1v) is 9.43. The van der Waals surface area contributed by atoms with Crippen LogP contribution in [0.25, 0.3) is 0 Å². The number of Topliss-reactive ketones (excluding diaryl/α,β-unsaturated/α-hetero) is 1. The van der Waals surface area contributed by atoms with Gasteiger partial charge < -0.3 is 10.2 Å². The maximum atomic E-state index is 12.2. The van der Waals surface area contributed by atoms with Crippen LogP contribution in [0.15, 0.2) is 6.07 Å². The van der Waals surface area contributed by atoms with E-state index in [1.165, 1.54) is 6.42 Å². The Morgan fingerprint density at radius 3 is 2.52 bits per heavy atom. The van der Waals surface area contributed by atoms with Crippen LogP contribution in [0.5, 0.6) is 0 Å². The van der Waals surface area contributed by atoms with Crippen molar-refractivity contribution in [2.45, 2.75) is 58.9 Å². The summed E-state index contributed by atoms with van der Waals surface area (Å²) in [5, 5.41) is 3.09. The van der Waals surface area contributed by atoms with Gasteiger partial charge in [-0.2, -0.15) is 0 Å². The Morgan fingerprint density at radius 2 is 1.96 bits per heavy atom. The van der Waals surface area contributed by atoms with Crippen LogP contribution in [0.2, 0.25) is 0 Å². The van der Waals surface area contributed by atoms with Gasteiger partial charge in [-0.15, -0.1) is 11.3 Å². The first kappa shape index (κ1) is 18.1. The number of amides is 1. The summed E-state index contributed by atoms with van der Waals surface area (Å²) in [6.45, 7) is 9.44. The van der Waals surface area contributed by atoms with Gasteiger partial charge in [0.15, 0.2) is 5.78 Å². The monoisotopic (exact) mass is 336 g/mol. The molecule has 0 aliphatic carbocycles. The molecule has 1 saturated heterocycles. The number of likely N-dealkylation sites (tertiary alicyclic amines) is 1. The number of hydrogen-bond acceptors (Lipinski definition) is 4. The number of nitrogens with one attached hydrogen (secondary N) is 1. The summed E-state index contributed by atoms with van der Waals surface area (Å²) in [5.41, 5.74) is 0.785. The van der Waals surface area contributed by atoms with Crippen LogP contribution in [0.3, 0.4) is 0 Å². The van der Waals surface area contributed by atoms with Crippen LogP contribution >= 0.6 is 11.3 Å². The fourth-order valence-corrected chi connectivity index (χ4v) is 4.13. The van der Waals surface area contributed by atoms with Crippen molar-refractivity contribution < 1.29 is 9.59 Å². The number of carbonyl (C=O) groups is 2. The first-order chi connectivity index (χ1) is 11.0. The summed E-state index contributed by atoms with van der Waals surface area (Å²) in [4.78, 5) is 28.9. The number of carbonyl (C=O) groups excluding carboxylic acids is 2. The number of aryl methyl sites for hydroxylation is 2. The van der Waals surface area contributed by atoms with E-state index in [0.717, 1.165) is 47.8 Å². The maximum Gasteiger partial charge on any atom is 0.220 e. The summed E-state index contributed by atoms with van der Waals surface area (Å²) in [6, 6.07) is 2.21. The van der Waals surface area contributed by atoms with E-state index in [0.29, 0.717) is 12.8 Å². The Bertz CT molecular complexity index is 545.